The summed E-state index contributed by atoms with van der Waals surface area (Å²) in [5.41, 5.74) is 4.88. The summed E-state index contributed by atoms with van der Waals surface area (Å²) in [5, 5.41) is 3.51. The predicted octanol–water partition coefficient (Wildman–Crippen LogP) is 3.53. The fraction of sp³-hybridized carbons (Fsp3) is 0.120. The van der Waals surface area contributed by atoms with Crippen LogP contribution in [0.5, 0.6) is 0 Å². The van der Waals surface area contributed by atoms with Gasteiger partial charge in [0.25, 0.3) is 11.8 Å². The lowest BCUT2D eigenvalue weighted by Gasteiger charge is -2.25. The fourth-order valence-electron chi connectivity index (χ4n) is 4.14. The van der Waals surface area contributed by atoms with E-state index >= 15 is 0 Å². The molecule has 4 amide bonds. The highest BCUT2D eigenvalue weighted by Gasteiger charge is 2.52. The van der Waals surface area contributed by atoms with Crippen LogP contribution < -0.4 is 10.7 Å². The molecule has 0 unspecified atom stereocenters. The monoisotopic (exact) mass is 439 g/mol. The van der Waals surface area contributed by atoms with Crippen molar-refractivity contribution >= 4 is 28.9 Å². The molecule has 0 bridgehead atoms. The van der Waals surface area contributed by atoms with E-state index < -0.39 is 23.4 Å². The molecule has 5 rings (SSSR count). The molecule has 0 saturated carbocycles. The zero-order valence-corrected chi connectivity index (χ0v) is 17.9. The number of imide groups is 1. The van der Waals surface area contributed by atoms with Crippen molar-refractivity contribution in [3.05, 3.63) is 96.3 Å². The van der Waals surface area contributed by atoms with E-state index in [1.54, 1.807) is 54.9 Å². The van der Waals surface area contributed by atoms with Gasteiger partial charge < -0.3 is 5.32 Å². The normalized spacial score (nSPS) is 17.9. The number of urea groups is 1. The summed E-state index contributed by atoms with van der Waals surface area (Å²) in [6.07, 6.45) is 2.07. The lowest BCUT2D eigenvalue weighted by atomic mass is 9.87. The third-order valence-electron chi connectivity index (χ3n) is 5.96. The molecule has 1 fully saturated rings. The maximum Gasteiger partial charge on any atom is 0.344 e. The van der Waals surface area contributed by atoms with Crippen molar-refractivity contribution in [2.45, 2.75) is 18.9 Å². The van der Waals surface area contributed by atoms with E-state index in [4.69, 9.17) is 0 Å². The maximum atomic E-state index is 13.2. The van der Waals surface area contributed by atoms with E-state index in [1.165, 1.54) is 0 Å². The molecule has 2 heterocycles. The van der Waals surface area contributed by atoms with Gasteiger partial charge in [-0.05, 0) is 48.4 Å². The largest absolute Gasteiger partial charge is 0.344 e. The molecule has 0 aliphatic carbocycles. The number of rotatable bonds is 5. The molecule has 0 spiro atoms. The molecular formula is C25H21N5O3. The second-order valence-electron chi connectivity index (χ2n) is 7.79. The van der Waals surface area contributed by atoms with Crippen molar-refractivity contribution in [1.82, 2.24) is 25.3 Å². The second-order valence-corrected chi connectivity index (χ2v) is 7.79. The highest BCUT2D eigenvalue weighted by molar-refractivity contribution is 6.09. The first-order chi connectivity index (χ1) is 16.0. The molecule has 1 atom stereocenters. The Morgan fingerprint density at radius 2 is 1.67 bits per heavy atom. The number of imidazole rings is 1. The number of nitrogens with one attached hydrogen (secondary N) is 2. The average Bonchev–Trinajstić information content (AvgIpc) is 3.39. The Labute approximate surface area is 189 Å². The molecule has 1 aromatic heterocycles. The maximum absolute atomic E-state index is 13.2. The zero-order valence-electron chi connectivity index (χ0n) is 17.9. The molecule has 1 aliphatic heterocycles. The van der Waals surface area contributed by atoms with Gasteiger partial charge in [-0.3, -0.25) is 19.6 Å². The van der Waals surface area contributed by atoms with E-state index in [9.17, 15) is 14.4 Å². The minimum atomic E-state index is -1.21. The number of amides is 4. The summed E-state index contributed by atoms with van der Waals surface area (Å²) in [4.78, 5) is 43.0. The number of carbonyl (C=O) groups excluding carboxylic acids is 3. The van der Waals surface area contributed by atoms with Gasteiger partial charge in [-0.1, -0.05) is 49.4 Å². The Kier molecular flexibility index (Phi) is 4.90. The first-order valence-electron chi connectivity index (χ1n) is 10.6. The van der Waals surface area contributed by atoms with Gasteiger partial charge in [0.2, 0.25) is 0 Å². The quantitative estimate of drug-likeness (QED) is 0.465. The molecular weight excluding hydrogens is 418 g/mol. The number of fused-ring (bicyclic) bond motifs is 1. The Balaban J connectivity index is 1.36. The summed E-state index contributed by atoms with van der Waals surface area (Å²) in [6.45, 7) is 1.81. The summed E-state index contributed by atoms with van der Waals surface area (Å²) >= 11 is 0. The van der Waals surface area contributed by atoms with Gasteiger partial charge in [-0.15, -0.1) is 0 Å². The molecule has 164 valence electrons. The van der Waals surface area contributed by atoms with Crippen LogP contribution in [0.1, 0.15) is 29.3 Å². The topological polar surface area (TPSA) is 96.3 Å². The van der Waals surface area contributed by atoms with Crippen molar-refractivity contribution in [3.63, 3.8) is 0 Å². The third kappa shape index (κ3) is 3.32. The Morgan fingerprint density at radius 3 is 2.39 bits per heavy atom. The van der Waals surface area contributed by atoms with Crippen molar-refractivity contribution in [3.8, 4) is 5.69 Å². The number of hydrogen-bond acceptors (Lipinski definition) is 4. The minimum absolute atomic E-state index is 0.317. The zero-order chi connectivity index (χ0) is 23.0. The Hall–Kier alpha value is -4.46. The van der Waals surface area contributed by atoms with Crippen LogP contribution in [0.15, 0.2) is 85.2 Å². The number of benzene rings is 3. The van der Waals surface area contributed by atoms with Crippen LogP contribution >= 0.6 is 0 Å². The van der Waals surface area contributed by atoms with Crippen molar-refractivity contribution in [2.24, 2.45) is 0 Å². The molecule has 1 saturated heterocycles. The third-order valence-corrected chi connectivity index (χ3v) is 5.96. The number of aromatic nitrogens is 2. The van der Waals surface area contributed by atoms with E-state index in [-0.39, 0.29) is 0 Å². The fourth-order valence-corrected chi connectivity index (χ4v) is 4.14. The van der Waals surface area contributed by atoms with Crippen LogP contribution in [0, 0.1) is 0 Å². The number of nitrogens with zero attached hydrogens (tertiary/aromatic N) is 3. The number of hydrogen-bond donors (Lipinski definition) is 2. The first-order valence-corrected chi connectivity index (χ1v) is 10.6. The molecule has 8 heteroatoms. The van der Waals surface area contributed by atoms with Gasteiger partial charge >= 0.3 is 6.03 Å². The lowest BCUT2D eigenvalue weighted by Crippen LogP contribution is -2.48. The van der Waals surface area contributed by atoms with E-state index in [0.717, 1.165) is 21.7 Å². The number of hydrazine groups is 1. The van der Waals surface area contributed by atoms with Gasteiger partial charge in [0.1, 0.15) is 11.9 Å². The SMILES string of the molecule is CC[C@]1(c2ccccc2)NC(=O)N(NC(=O)c2ccc(-n3cnc4ccccc43)cc2)C1=O. The average molecular weight is 439 g/mol. The van der Waals surface area contributed by atoms with Gasteiger partial charge in [0.15, 0.2) is 0 Å². The Bertz CT molecular complexity index is 1360. The van der Waals surface area contributed by atoms with Crippen LogP contribution in [-0.2, 0) is 10.3 Å². The molecule has 3 aromatic carbocycles. The predicted molar refractivity (Wildman–Crippen MR) is 122 cm³/mol. The molecule has 33 heavy (non-hydrogen) atoms. The van der Waals surface area contributed by atoms with E-state index in [2.05, 4.69) is 15.7 Å². The van der Waals surface area contributed by atoms with Crippen LogP contribution in [0.4, 0.5) is 4.79 Å². The molecule has 4 aromatic rings. The standard InChI is InChI=1S/C25H21N5O3/c1-2-25(18-8-4-3-5-9-18)23(32)30(24(33)27-25)28-22(31)17-12-14-19(15-13-17)29-16-26-20-10-6-7-11-21(20)29/h3-16H,2H2,1H3,(H,27,33)(H,28,31)/t25-/m1/s1. The second kappa shape index (κ2) is 7.90. The lowest BCUT2D eigenvalue weighted by molar-refractivity contribution is -0.133. The van der Waals surface area contributed by atoms with E-state index in [1.807, 2.05) is 41.8 Å². The van der Waals surface area contributed by atoms with Crippen molar-refractivity contribution in [1.29, 1.82) is 0 Å². The Morgan fingerprint density at radius 1 is 0.970 bits per heavy atom. The summed E-state index contributed by atoms with van der Waals surface area (Å²) < 4.78 is 1.92. The summed E-state index contributed by atoms with van der Waals surface area (Å²) in [5.74, 6) is -1.07. The van der Waals surface area contributed by atoms with Crippen molar-refractivity contribution < 1.29 is 14.4 Å². The molecule has 1 aliphatic rings. The van der Waals surface area contributed by atoms with Crippen LogP contribution in [0.3, 0.4) is 0 Å². The van der Waals surface area contributed by atoms with Gasteiger partial charge in [0, 0.05) is 11.3 Å². The first kappa shape index (κ1) is 20.4. The van der Waals surface area contributed by atoms with Gasteiger partial charge in [-0.2, -0.15) is 5.01 Å². The minimum Gasteiger partial charge on any atom is -0.318 e. The number of para-hydroxylation sites is 2. The van der Waals surface area contributed by atoms with E-state index in [0.29, 0.717) is 17.5 Å². The smallest absolute Gasteiger partial charge is 0.318 e. The van der Waals surface area contributed by atoms with Crippen LogP contribution in [0.25, 0.3) is 16.7 Å². The highest BCUT2D eigenvalue weighted by atomic mass is 16.2. The summed E-state index contributed by atoms with van der Waals surface area (Å²) in [6, 6.07) is 23.0. The van der Waals surface area contributed by atoms with Gasteiger partial charge in [-0.25, -0.2) is 9.78 Å². The molecule has 0 radical (unpaired) electrons. The highest BCUT2D eigenvalue weighted by Crippen LogP contribution is 2.31. The van der Waals surface area contributed by atoms with Crippen molar-refractivity contribution in [2.75, 3.05) is 0 Å². The number of carbonyl (C=O) groups is 3. The van der Waals surface area contributed by atoms with Crippen LogP contribution in [-0.4, -0.2) is 32.4 Å². The molecule has 2 N–H and O–H groups in total. The van der Waals surface area contributed by atoms with Crippen LogP contribution in [0.2, 0.25) is 0 Å². The summed E-state index contributed by atoms with van der Waals surface area (Å²) in [7, 11) is 0. The molecule has 8 nitrogen and oxygen atoms in total. The van der Waals surface area contributed by atoms with Gasteiger partial charge in [0.05, 0.1) is 11.0 Å².